The normalized spacial score (nSPS) is 18.8. The molecule has 1 aliphatic rings. The lowest BCUT2D eigenvalue weighted by Gasteiger charge is -2.38. The molecule has 1 fully saturated rings. The fraction of sp³-hybridized carbons (Fsp3) is 1.00. The van der Waals surface area contributed by atoms with Crippen LogP contribution in [0.2, 0.25) is 0 Å². The van der Waals surface area contributed by atoms with Gasteiger partial charge in [0.15, 0.2) is 0 Å². The van der Waals surface area contributed by atoms with E-state index < -0.39 is 0 Å². The first-order valence-electron chi connectivity index (χ1n) is 6.48. The molecule has 0 aromatic rings. The third kappa shape index (κ3) is 4.78. The number of hydrogen-bond donors (Lipinski definition) is 2. The molecule has 4 heteroatoms. The van der Waals surface area contributed by atoms with Crippen molar-refractivity contribution in [3.8, 4) is 0 Å². The lowest BCUT2D eigenvalue weighted by atomic mass is 10.1. The second-order valence-electron chi connectivity index (χ2n) is 4.48. The van der Waals surface area contributed by atoms with Crippen molar-refractivity contribution < 1.29 is 9.84 Å². The summed E-state index contributed by atoms with van der Waals surface area (Å²) in [6.45, 7) is 9.36. The van der Waals surface area contributed by atoms with E-state index in [1.165, 1.54) is 0 Å². The zero-order chi connectivity index (χ0) is 11.8. The number of likely N-dealkylation sites (N-methyl/N-ethyl adjacent to an activating group) is 1. The van der Waals surface area contributed by atoms with Crippen molar-refractivity contribution in [1.82, 2.24) is 10.2 Å². The highest BCUT2D eigenvalue weighted by Gasteiger charge is 2.24. The van der Waals surface area contributed by atoms with Crippen LogP contribution in [-0.4, -0.2) is 61.5 Å². The summed E-state index contributed by atoms with van der Waals surface area (Å²) in [6.07, 6.45) is 1.87. The number of nitrogens with one attached hydrogen (secondary N) is 1. The molecule has 0 radical (unpaired) electrons. The molecular weight excluding hydrogens is 204 g/mol. The van der Waals surface area contributed by atoms with E-state index in [0.29, 0.717) is 12.6 Å². The topological polar surface area (TPSA) is 44.7 Å². The molecule has 0 spiro atoms. The maximum absolute atomic E-state index is 9.83. The molecular formula is C12H26N2O2. The molecule has 2 N–H and O–H groups in total. The van der Waals surface area contributed by atoms with E-state index in [4.69, 9.17) is 4.74 Å². The van der Waals surface area contributed by atoms with Gasteiger partial charge in [-0.2, -0.15) is 0 Å². The van der Waals surface area contributed by atoms with E-state index in [-0.39, 0.29) is 6.10 Å². The summed E-state index contributed by atoms with van der Waals surface area (Å²) in [4.78, 5) is 2.32. The van der Waals surface area contributed by atoms with Crippen LogP contribution >= 0.6 is 0 Å². The molecule has 1 saturated heterocycles. The minimum absolute atomic E-state index is 0.350. The third-order valence-corrected chi connectivity index (χ3v) is 3.08. The van der Waals surface area contributed by atoms with Gasteiger partial charge in [0.25, 0.3) is 0 Å². The molecule has 1 unspecified atom stereocenters. The zero-order valence-electron chi connectivity index (χ0n) is 10.6. The second kappa shape index (κ2) is 8.01. The van der Waals surface area contributed by atoms with Gasteiger partial charge in [0.1, 0.15) is 0 Å². The Kier molecular flexibility index (Phi) is 6.96. The van der Waals surface area contributed by atoms with E-state index in [0.717, 1.165) is 45.6 Å². The van der Waals surface area contributed by atoms with Crippen LogP contribution in [-0.2, 0) is 4.74 Å². The van der Waals surface area contributed by atoms with Crippen molar-refractivity contribution in [1.29, 1.82) is 0 Å². The molecule has 16 heavy (non-hydrogen) atoms. The van der Waals surface area contributed by atoms with Crippen molar-refractivity contribution in [3.63, 3.8) is 0 Å². The van der Waals surface area contributed by atoms with Crippen molar-refractivity contribution >= 4 is 0 Å². The third-order valence-electron chi connectivity index (χ3n) is 3.08. The molecule has 0 aromatic heterocycles. The average Bonchev–Trinajstić information content (AvgIpc) is 2.21. The number of ether oxygens (including phenoxy) is 1. The summed E-state index contributed by atoms with van der Waals surface area (Å²) in [5.74, 6) is 0. The Hall–Kier alpha value is -0.160. The molecule has 1 atom stereocenters. The largest absolute Gasteiger partial charge is 0.389 e. The summed E-state index contributed by atoms with van der Waals surface area (Å²) in [5, 5.41) is 13.1. The molecule has 1 heterocycles. The van der Waals surface area contributed by atoms with Crippen LogP contribution < -0.4 is 5.32 Å². The summed E-state index contributed by atoms with van der Waals surface area (Å²) in [6, 6.07) is 0.607. The first-order chi connectivity index (χ1) is 7.77. The quantitative estimate of drug-likeness (QED) is 0.565. The molecule has 0 aliphatic carbocycles. The number of hydrogen-bond acceptors (Lipinski definition) is 4. The van der Waals surface area contributed by atoms with E-state index in [2.05, 4.69) is 24.1 Å². The number of aliphatic hydroxyl groups excluding tert-OH is 1. The lowest BCUT2D eigenvalue weighted by Crippen LogP contribution is -2.58. The van der Waals surface area contributed by atoms with Gasteiger partial charge < -0.3 is 15.2 Å². The van der Waals surface area contributed by atoms with Crippen molar-refractivity contribution in [2.75, 3.05) is 39.4 Å². The first-order valence-corrected chi connectivity index (χ1v) is 6.48. The van der Waals surface area contributed by atoms with Crippen LogP contribution in [0.25, 0.3) is 0 Å². The predicted molar refractivity (Wildman–Crippen MR) is 65.6 cm³/mol. The van der Waals surface area contributed by atoms with Gasteiger partial charge in [-0.1, -0.05) is 20.3 Å². The van der Waals surface area contributed by atoms with Crippen LogP contribution in [0.4, 0.5) is 0 Å². The van der Waals surface area contributed by atoms with Crippen LogP contribution in [0, 0.1) is 0 Å². The monoisotopic (exact) mass is 230 g/mol. The van der Waals surface area contributed by atoms with Gasteiger partial charge in [0, 0.05) is 32.3 Å². The Morgan fingerprint density at radius 3 is 2.69 bits per heavy atom. The summed E-state index contributed by atoms with van der Waals surface area (Å²) < 4.78 is 5.42. The SMILES string of the molecule is CCCCOCC(O)CN(CC)C1CNC1. The minimum Gasteiger partial charge on any atom is -0.389 e. The van der Waals surface area contributed by atoms with Gasteiger partial charge >= 0.3 is 0 Å². The van der Waals surface area contributed by atoms with Crippen LogP contribution in [0.3, 0.4) is 0 Å². The first kappa shape index (κ1) is 13.9. The van der Waals surface area contributed by atoms with Gasteiger partial charge in [0.05, 0.1) is 12.7 Å². The number of aliphatic hydroxyl groups is 1. The molecule has 1 aliphatic heterocycles. The summed E-state index contributed by atoms with van der Waals surface area (Å²) >= 11 is 0. The van der Waals surface area contributed by atoms with E-state index in [9.17, 15) is 5.11 Å². The zero-order valence-corrected chi connectivity index (χ0v) is 10.6. The fourth-order valence-electron chi connectivity index (χ4n) is 1.86. The fourth-order valence-corrected chi connectivity index (χ4v) is 1.86. The standard InChI is InChI=1S/C12H26N2O2/c1-3-5-6-16-10-12(15)9-14(4-2)11-7-13-8-11/h11-13,15H,3-10H2,1-2H3. The second-order valence-corrected chi connectivity index (χ2v) is 4.48. The highest BCUT2D eigenvalue weighted by Crippen LogP contribution is 2.05. The van der Waals surface area contributed by atoms with Gasteiger partial charge in [-0.05, 0) is 13.0 Å². The van der Waals surface area contributed by atoms with E-state index in [1.54, 1.807) is 0 Å². The van der Waals surface area contributed by atoms with E-state index in [1.807, 2.05) is 0 Å². The Morgan fingerprint density at radius 2 is 2.19 bits per heavy atom. The number of rotatable bonds is 9. The highest BCUT2D eigenvalue weighted by molar-refractivity contribution is 4.85. The van der Waals surface area contributed by atoms with Gasteiger partial charge in [0.2, 0.25) is 0 Å². The highest BCUT2D eigenvalue weighted by atomic mass is 16.5. The number of unbranched alkanes of at least 4 members (excludes halogenated alkanes) is 1. The Morgan fingerprint density at radius 1 is 1.44 bits per heavy atom. The average molecular weight is 230 g/mol. The molecule has 0 amide bonds. The molecule has 96 valence electrons. The Bertz CT molecular complexity index is 174. The lowest BCUT2D eigenvalue weighted by molar-refractivity contribution is 0.00353. The van der Waals surface area contributed by atoms with Gasteiger partial charge in [-0.25, -0.2) is 0 Å². The summed E-state index contributed by atoms with van der Waals surface area (Å²) in [7, 11) is 0. The molecule has 0 saturated carbocycles. The molecule has 4 nitrogen and oxygen atoms in total. The minimum atomic E-state index is -0.350. The van der Waals surface area contributed by atoms with Crippen LogP contribution in [0.5, 0.6) is 0 Å². The summed E-state index contributed by atoms with van der Waals surface area (Å²) in [5.41, 5.74) is 0. The predicted octanol–water partition coefficient (Wildman–Crippen LogP) is 0.458. The Labute approximate surface area is 99.0 Å². The molecule has 0 bridgehead atoms. The Balaban J connectivity index is 2.08. The van der Waals surface area contributed by atoms with Crippen molar-refractivity contribution in [2.45, 2.75) is 38.8 Å². The van der Waals surface area contributed by atoms with Gasteiger partial charge in [-0.15, -0.1) is 0 Å². The van der Waals surface area contributed by atoms with Crippen molar-refractivity contribution in [2.24, 2.45) is 0 Å². The number of nitrogens with zero attached hydrogens (tertiary/aromatic N) is 1. The van der Waals surface area contributed by atoms with Crippen LogP contribution in [0.15, 0.2) is 0 Å². The van der Waals surface area contributed by atoms with Gasteiger partial charge in [-0.3, -0.25) is 4.90 Å². The maximum atomic E-state index is 9.83. The van der Waals surface area contributed by atoms with E-state index >= 15 is 0 Å². The molecule has 1 rings (SSSR count). The maximum Gasteiger partial charge on any atom is 0.0900 e. The molecule has 0 aromatic carbocycles. The van der Waals surface area contributed by atoms with Crippen molar-refractivity contribution in [3.05, 3.63) is 0 Å². The smallest absolute Gasteiger partial charge is 0.0900 e. The van der Waals surface area contributed by atoms with Crippen LogP contribution in [0.1, 0.15) is 26.7 Å².